The van der Waals surface area contributed by atoms with Gasteiger partial charge in [-0.05, 0) is 69.5 Å². The lowest BCUT2D eigenvalue weighted by Crippen LogP contribution is -2.33. The molecule has 0 radical (unpaired) electrons. The summed E-state index contributed by atoms with van der Waals surface area (Å²) in [7, 11) is 0. The fourth-order valence-corrected chi connectivity index (χ4v) is 4.12. The van der Waals surface area contributed by atoms with E-state index < -0.39 is 0 Å². The molecule has 140 valence electrons. The van der Waals surface area contributed by atoms with Crippen LogP contribution in [0, 0.1) is 5.92 Å². The quantitative estimate of drug-likeness (QED) is 0.739. The largest absolute Gasteiger partial charge is 0.316 e. The van der Waals surface area contributed by atoms with E-state index in [2.05, 4.69) is 17.2 Å². The number of aromatic nitrogens is 3. The maximum atomic E-state index is 13.1. The zero-order chi connectivity index (χ0) is 18.8. The molecule has 5 nitrogen and oxygen atoms in total. The minimum atomic E-state index is -0.0832. The molecule has 0 spiro atoms. The van der Waals surface area contributed by atoms with Crippen LogP contribution in [-0.4, -0.2) is 27.9 Å². The predicted molar refractivity (Wildman–Crippen MR) is 109 cm³/mol. The summed E-state index contributed by atoms with van der Waals surface area (Å²) >= 11 is 6.18. The van der Waals surface area contributed by atoms with Gasteiger partial charge in [-0.1, -0.05) is 23.7 Å². The van der Waals surface area contributed by atoms with Gasteiger partial charge in [0, 0.05) is 16.8 Å². The number of nitrogens with one attached hydrogen (secondary N) is 1. The molecular weight excluding hydrogens is 360 g/mol. The van der Waals surface area contributed by atoms with Crippen LogP contribution in [0.2, 0.25) is 5.02 Å². The Balaban J connectivity index is 1.81. The van der Waals surface area contributed by atoms with Crippen molar-refractivity contribution in [1.29, 1.82) is 0 Å². The number of piperidine rings is 1. The van der Waals surface area contributed by atoms with Crippen molar-refractivity contribution in [3.63, 3.8) is 0 Å². The number of nitrogens with zero attached hydrogens (tertiary/aromatic N) is 3. The Morgan fingerprint density at radius 2 is 2.22 bits per heavy atom. The Morgan fingerprint density at radius 1 is 1.33 bits per heavy atom. The van der Waals surface area contributed by atoms with Gasteiger partial charge in [0.1, 0.15) is 11.2 Å². The summed E-state index contributed by atoms with van der Waals surface area (Å²) in [6.45, 7) is 4.17. The first-order valence-electron chi connectivity index (χ1n) is 9.47. The maximum Gasteiger partial charge on any atom is 0.276 e. The molecule has 0 saturated carbocycles. The minimum absolute atomic E-state index is 0.0185. The van der Waals surface area contributed by atoms with Crippen LogP contribution in [0.25, 0.3) is 22.2 Å². The number of benzene rings is 1. The van der Waals surface area contributed by atoms with E-state index in [9.17, 15) is 4.79 Å². The molecule has 1 aliphatic rings. The van der Waals surface area contributed by atoms with Crippen LogP contribution in [0.1, 0.15) is 32.2 Å². The summed E-state index contributed by atoms with van der Waals surface area (Å²) in [5.74, 6) is 0.571. The number of halogens is 1. The van der Waals surface area contributed by atoms with E-state index in [0.29, 0.717) is 27.5 Å². The van der Waals surface area contributed by atoms with E-state index in [-0.39, 0.29) is 11.6 Å². The average Bonchev–Trinajstić information content (AvgIpc) is 2.69. The van der Waals surface area contributed by atoms with E-state index in [1.807, 2.05) is 30.3 Å². The lowest BCUT2D eigenvalue weighted by atomic mass is 9.93. The molecule has 1 fully saturated rings. The predicted octanol–water partition coefficient (Wildman–Crippen LogP) is 4.06. The van der Waals surface area contributed by atoms with Crippen molar-refractivity contribution in [3.8, 4) is 11.3 Å². The van der Waals surface area contributed by atoms with Crippen LogP contribution in [-0.2, 0) is 0 Å². The Hall–Kier alpha value is -2.24. The van der Waals surface area contributed by atoms with Crippen molar-refractivity contribution < 1.29 is 0 Å². The summed E-state index contributed by atoms with van der Waals surface area (Å²) in [4.78, 5) is 17.5. The molecule has 6 heteroatoms. The molecule has 2 aromatic heterocycles. The van der Waals surface area contributed by atoms with Crippen molar-refractivity contribution in [2.24, 2.45) is 5.92 Å². The fraction of sp³-hybridized carbons (Fsp3) is 0.381. The highest BCUT2D eigenvalue weighted by molar-refractivity contribution is 6.30. The molecule has 2 atom stereocenters. The monoisotopic (exact) mass is 382 g/mol. The summed E-state index contributed by atoms with van der Waals surface area (Å²) < 4.78 is 1.63. The van der Waals surface area contributed by atoms with E-state index >= 15 is 0 Å². The second kappa shape index (κ2) is 7.79. The molecule has 2 unspecified atom stereocenters. The van der Waals surface area contributed by atoms with Gasteiger partial charge in [-0.3, -0.25) is 9.78 Å². The Kier molecular flexibility index (Phi) is 5.23. The first-order valence-corrected chi connectivity index (χ1v) is 9.85. The Labute approximate surface area is 163 Å². The zero-order valence-electron chi connectivity index (χ0n) is 15.4. The lowest BCUT2D eigenvalue weighted by molar-refractivity contribution is 0.297. The third kappa shape index (κ3) is 3.75. The number of hydrogen-bond acceptors (Lipinski definition) is 4. The van der Waals surface area contributed by atoms with Crippen molar-refractivity contribution in [3.05, 3.63) is 58.0 Å². The SMILES string of the molecule is CC(CC1CCCNC1)n1nc(-c2cccc(Cl)c2)c2ncccc2c1=O. The molecule has 1 saturated heterocycles. The van der Waals surface area contributed by atoms with Gasteiger partial charge in [-0.2, -0.15) is 5.10 Å². The normalized spacial score (nSPS) is 18.5. The fourth-order valence-electron chi connectivity index (χ4n) is 3.93. The highest BCUT2D eigenvalue weighted by Gasteiger charge is 2.21. The van der Waals surface area contributed by atoms with Crippen LogP contribution in [0.3, 0.4) is 0 Å². The van der Waals surface area contributed by atoms with Crippen molar-refractivity contribution in [2.45, 2.75) is 32.2 Å². The van der Waals surface area contributed by atoms with Crippen molar-refractivity contribution in [2.75, 3.05) is 13.1 Å². The molecule has 3 aromatic rings. The molecule has 1 N–H and O–H groups in total. The van der Waals surface area contributed by atoms with Crippen LogP contribution in [0.15, 0.2) is 47.4 Å². The summed E-state index contributed by atoms with van der Waals surface area (Å²) in [6, 6.07) is 11.2. The average molecular weight is 383 g/mol. The van der Waals surface area contributed by atoms with Gasteiger partial charge in [0.25, 0.3) is 5.56 Å². The first-order chi connectivity index (χ1) is 13.1. The highest BCUT2D eigenvalue weighted by atomic mass is 35.5. The van der Waals surface area contributed by atoms with Gasteiger partial charge in [-0.25, -0.2) is 4.68 Å². The van der Waals surface area contributed by atoms with Crippen LogP contribution in [0.4, 0.5) is 0 Å². The second-order valence-corrected chi connectivity index (χ2v) is 7.74. The maximum absolute atomic E-state index is 13.1. The number of hydrogen-bond donors (Lipinski definition) is 1. The van der Waals surface area contributed by atoms with E-state index in [0.717, 1.165) is 25.1 Å². The molecule has 0 bridgehead atoms. The molecule has 1 aliphatic heterocycles. The lowest BCUT2D eigenvalue weighted by Gasteiger charge is -2.26. The highest BCUT2D eigenvalue weighted by Crippen LogP contribution is 2.27. The molecule has 0 amide bonds. The molecular formula is C21H23ClN4O. The molecule has 0 aliphatic carbocycles. The first kappa shape index (κ1) is 18.1. The van der Waals surface area contributed by atoms with Gasteiger partial charge in [0.05, 0.1) is 11.4 Å². The van der Waals surface area contributed by atoms with Crippen molar-refractivity contribution >= 4 is 22.5 Å². The number of pyridine rings is 1. The third-order valence-corrected chi connectivity index (χ3v) is 5.50. The molecule has 27 heavy (non-hydrogen) atoms. The van der Waals surface area contributed by atoms with Gasteiger partial charge < -0.3 is 5.32 Å². The van der Waals surface area contributed by atoms with E-state index in [4.69, 9.17) is 16.7 Å². The third-order valence-electron chi connectivity index (χ3n) is 5.27. The van der Waals surface area contributed by atoms with E-state index in [1.165, 1.54) is 12.8 Å². The van der Waals surface area contributed by atoms with Crippen molar-refractivity contribution in [1.82, 2.24) is 20.1 Å². The van der Waals surface area contributed by atoms with Gasteiger partial charge >= 0.3 is 0 Å². The second-order valence-electron chi connectivity index (χ2n) is 7.31. The van der Waals surface area contributed by atoms with Crippen LogP contribution < -0.4 is 10.9 Å². The van der Waals surface area contributed by atoms with Crippen LogP contribution in [0.5, 0.6) is 0 Å². The van der Waals surface area contributed by atoms with E-state index in [1.54, 1.807) is 16.9 Å². The van der Waals surface area contributed by atoms with Gasteiger partial charge in [-0.15, -0.1) is 0 Å². The topological polar surface area (TPSA) is 59.8 Å². The summed E-state index contributed by atoms with van der Waals surface area (Å²) in [5, 5.41) is 9.42. The van der Waals surface area contributed by atoms with Gasteiger partial charge in [0.15, 0.2) is 0 Å². The number of rotatable bonds is 4. The Morgan fingerprint density at radius 3 is 3.00 bits per heavy atom. The number of fused-ring (bicyclic) bond motifs is 1. The summed E-state index contributed by atoms with van der Waals surface area (Å²) in [6.07, 6.45) is 5.01. The molecule has 3 heterocycles. The van der Waals surface area contributed by atoms with Crippen LogP contribution >= 0.6 is 11.6 Å². The van der Waals surface area contributed by atoms with Gasteiger partial charge in [0.2, 0.25) is 0 Å². The summed E-state index contributed by atoms with van der Waals surface area (Å²) in [5.41, 5.74) is 2.10. The zero-order valence-corrected chi connectivity index (χ0v) is 16.1. The Bertz CT molecular complexity index is 1010. The standard InChI is InChI=1S/C21H23ClN4O/c1-14(11-15-5-3-9-23-13-15)26-21(27)18-8-4-10-24-20(18)19(25-26)16-6-2-7-17(22)12-16/h2,4,6-8,10,12,14-15,23H,3,5,9,11,13H2,1H3. The smallest absolute Gasteiger partial charge is 0.276 e. The minimum Gasteiger partial charge on any atom is -0.316 e. The molecule has 4 rings (SSSR count). The molecule has 1 aromatic carbocycles.